The lowest BCUT2D eigenvalue weighted by atomic mass is 9.90. The Morgan fingerprint density at radius 1 is 1.33 bits per heavy atom. The predicted octanol–water partition coefficient (Wildman–Crippen LogP) is 2.59. The van der Waals surface area contributed by atoms with Crippen LogP contribution < -0.4 is 4.72 Å². The molecule has 0 spiro atoms. The zero-order valence-electron chi connectivity index (χ0n) is 10.1. The Bertz CT molecular complexity index is 499. The van der Waals surface area contributed by atoms with E-state index in [9.17, 15) is 8.42 Å². The van der Waals surface area contributed by atoms with E-state index in [4.69, 9.17) is 11.6 Å². The molecule has 100 valence electrons. The third-order valence-electron chi connectivity index (χ3n) is 3.30. The van der Waals surface area contributed by atoms with Gasteiger partial charge in [-0.3, -0.25) is 0 Å². The number of hydrogen-bond donors (Lipinski definition) is 1. The second kappa shape index (κ2) is 5.99. The molecule has 1 saturated carbocycles. The normalized spacial score (nSPS) is 17.8. The second-order valence-electron chi connectivity index (χ2n) is 4.65. The molecule has 0 bridgehead atoms. The van der Waals surface area contributed by atoms with Crippen molar-refractivity contribution in [2.24, 2.45) is 5.92 Å². The molecule has 1 aliphatic rings. The quantitative estimate of drug-likeness (QED) is 0.867. The fourth-order valence-electron chi connectivity index (χ4n) is 2.27. The van der Waals surface area contributed by atoms with Crippen molar-refractivity contribution in [3.05, 3.63) is 23.5 Å². The third-order valence-corrected chi connectivity index (χ3v) is 5.17. The van der Waals surface area contributed by atoms with Crippen molar-refractivity contribution in [2.45, 2.75) is 37.0 Å². The summed E-state index contributed by atoms with van der Waals surface area (Å²) in [6, 6.07) is 3.04. The van der Waals surface area contributed by atoms with Crippen LogP contribution in [0, 0.1) is 5.92 Å². The first-order valence-corrected chi connectivity index (χ1v) is 8.06. The lowest BCUT2D eigenvalue weighted by Crippen LogP contribution is -2.30. The van der Waals surface area contributed by atoms with Crippen molar-refractivity contribution in [1.82, 2.24) is 9.71 Å². The maximum atomic E-state index is 12.1. The van der Waals surface area contributed by atoms with E-state index in [1.165, 1.54) is 31.5 Å². The molecule has 1 aliphatic carbocycles. The van der Waals surface area contributed by atoms with E-state index >= 15 is 0 Å². The number of nitrogens with one attached hydrogen (secondary N) is 1. The van der Waals surface area contributed by atoms with Gasteiger partial charge in [-0.15, -0.1) is 0 Å². The fourth-order valence-corrected chi connectivity index (χ4v) is 3.84. The molecule has 0 aromatic carbocycles. The third kappa shape index (κ3) is 3.43. The van der Waals surface area contributed by atoms with Crippen LogP contribution in [-0.2, 0) is 10.0 Å². The van der Waals surface area contributed by atoms with Crippen molar-refractivity contribution in [3.63, 3.8) is 0 Å². The van der Waals surface area contributed by atoms with E-state index < -0.39 is 10.0 Å². The predicted molar refractivity (Wildman–Crippen MR) is 71.0 cm³/mol. The topological polar surface area (TPSA) is 59.1 Å². The van der Waals surface area contributed by atoms with E-state index in [0.29, 0.717) is 12.5 Å². The molecule has 1 aromatic rings. The van der Waals surface area contributed by atoms with Crippen LogP contribution in [0.15, 0.2) is 23.2 Å². The maximum Gasteiger partial charge on any atom is 0.243 e. The summed E-state index contributed by atoms with van der Waals surface area (Å²) in [7, 11) is -3.53. The maximum absolute atomic E-state index is 12.1. The van der Waals surface area contributed by atoms with Gasteiger partial charge in [0.1, 0.15) is 10.0 Å². The fraction of sp³-hybridized carbons (Fsp3) is 0.583. The first kappa shape index (κ1) is 13.8. The molecule has 1 heterocycles. The average molecular weight is 289 g/mol. The van der Waals surface area contributed by atoms with Gasteiger partial charge in [0.05, 0.1) is 0 Å². The monoisotopic (exact) mass is 288 g/mol. The van der Waals surface area contributed by atoms with Crippen molar-refractivity contribution in [1.29, 1.82) is 0 Å². The van der Waals surface area contributed by atoms with Crippen molar-refractivity contribution >= 4 is 21.6 Å². The Morgan fingerprint density at radius 3 is 2.72 bits per heavy atom. The Hall–Kier alpha value is -0.650. The number of pyridine rings is 1. The molecule has 0 aliphatic heterocycles. The number of sulfonamides is 1. The summed E-state index contributed by atoms with van der Waals surface area (Å²) in [5.74, 6) is 0.448. The van der Waals surface area contributed by atoms with Gasteiger partial charge in [-0.05, 0) is 30.9 Å². The van der Waals surface area contributed by atoms with E-state index in [-0.39, 0.29) is 10.0 Å². The highest BCUT2D eigenvalue weighted by molar-refractivity contribution is 7.89. The van der Waals surface area contributed by atoms with Crippen LogP contribution in [0.3, 0.4) is 0 Å². The minimum absolute atomic E-state index is 0.0219. The molecule has 1 N–H and O–H groups in total. The smallest absolute Gasteiger partial charge is 0.243 e. The first-order valence-electron chi connectivity index (χ1n) is 6.20. The summed E-state index contributed by atoms with van der Waals surface area (Å²) in [5.41, 5.74) is 0. The highest BCUT2D eigenvalue weighted by Crippen LogP contribution is 2.24. The molecule has 6 heteroatoms. The van der Waals surface area contributed by atoms with Crippen LogP contribution in [0.25, 0.3) is 0 Å². The molecule has 18 heavy (non-hydrogen) atoms. The van der Waals surface area contributed by atoms with Gasteiger partial charge in [-0.2, -0.15) is 0 Å². The summed E-state index contributed by atoms with van der Waals surface area (Å²) >= 11 is 5.80. The zero-order valence-corrected chi connectivity index (χ0v) is 11.7. The van der Waals surface area contributed by atoms with Crippen LogP contribution in [0.1, 0.15) is 32.1 Å². The van der Waals surface area contributed by atoms with Crippen molar-refractivity contribution in [2.75, 3.05) is 6.54 Å². The van der Waals surface area contributed by atoms with Crippen molar-refractivity contribution < 1.29 is 8.42 Å². The Kier molecular flexibility index (Phi) is 4.59. The second-order valence-corrected chi connectivity index (χ2v) is 6.74. The van der Waals surface area contributed by atoms with Gasteiger partial charge >= 0.3 is 0 Å². The lowest BCUT2D eigenvalue weighted by molar-refractivity contribution is 0.357. The van der Waals surface area contributed by atoms with E-state index in [2.05, 4.69) is 9.71 Å². The minimum Gasteiger partial charge on any atom is -0.243 e. The highest BCUT2D eigenvalue weighted by atomic mass is 35.5. The lowest BCUT2D eigenvalue weighted by Gasteiger charge is -2.21. The summed E-state index contributed by atoms with van der Waals surface area (Å²) in [4.78, 5) is 3.84. The Labute approximate surface area is 113 Å². The number of hydrogen-bond acceptors (Lipinski definition) is 3. The molecule has 2 rings (SSSR count). The summed E-state index contributed by atoms with van der Waals surface area (Å²) in [6.45, 7) is 0.494. The van der Waals surface area contributed by atoms with Gasteiger partial charge in [-0.1, -0.05) is 30.9 Å². The van der Waals surface area contributed by atoms with Gasteiger partial charge in [-0.25, -0.2) is 18.1 Å². The molecule has 1 aromatic heterocycles. The molecule has 1 fully saturated rings. The van der Waals surface area contributed by atoms with Crippen LogP contribution in [0.4, 0.5) is 0 Å². The van der Waals surface area contributed by atoms with E-state index in [1.807, 2.05) is 0 Å². The molecule has 4 nitrogen and oxygen atoms in total. The molecular weight excluding hydrogens is 272 g/mol. The first-order chi connectivity index (χ1) is 8.59. The van der Waals surface area contributed by atoms with Gasteiger partial charge in [0, 0.05) is 12.7 Å². The molecule has 0 unspecified atom stereocenters. The number of nitrogens with zero attached hydrogens (tertiary/aromatic N) is 1. The minimum atomic E-state index is -3.53. The molecule has 0 saturated heterocycles. The van der Waals surface area contributed by atoms with Crippen LogP contribution in [-0.4, -0.2) is 19.9 Å². The number of halogens is 1. The van der Waals surface area contributed by atoms with Crippen LogP contribution in [0.2, 0.25) is 5.15 Å². The SMILES string of the molecule is O=S(=O)(NCC1CCCCC1)c1cccnc1Cl. The number of rotatable bonds is 4. The van der Waals surface area contributed by atoms with Crippen LogP contribution in [0.5, 0.6) is 0 Å². The van der Waals surface area contributed by atoms with Gasteiger partial charge in [0.2, 0.25) is 10.0 Å². The summed E-state index contributed by atoms with van der Waals surface area (Å²) in [6.07, 6.45) is 7.33. The van der Waals surface area contributed by atoms with E-state index in [0.717, 1.165) is 12.8 Å². The number of aromatic nitrogens is 1. The van der Waals surface area contributed by atoms with Gasteiger partial charge in [0.15, 0.2) is 0 Å². The van der Waals surface area contributed by atoms with Gasteiger partial charge in [0.25, 0.3) is 0 Å². The largest absolute Gasteiger partial charge is 0.243 e. The van der Waals surface area contributed by atoms with Gasteiger partial charge < -0.3 is 0 Å². The zero-order chi connectivity index (χ0) is 13.0. The highest BCUT2D eigenvalue weighted by Gasteiger charge is 2.21. The molecule has 0 amide bonds. The Balaban J connectivity index is 2.01. The molecule has 0 radical (unpaired) electrons. The molecular formula is C12H17ClN2O2S. The summed E-state index contributed by atoms with van der Waals surface area (Å²) in [5, 5.41) is 0.0219. The van der Waals surface area contributed by atoms with Crippen LogP contribution >= 0.6 is 11.6 Å². The summed E-state index contributed by atoms with van der Waals surface area (Å²) < 4.78 is 26.8. The Morgan fingerprint density at radius 2 is 2.06 bits per heavy atom. The standard InChI is InChI=1S/C12H17ClN2O2S/c13-12-11(7-4-8-14-12)18(16,17)15-9-10-5-2-1-3-6-10/h4,7-8,10,15H,1-3,5-6,9H2. The molecule has 0 atom stereocenters. The van der Waals surface area contributed by atoms with E-state index in [1.54, 1.807) is 6.07 Å². The average Bonchev–Trinajstić information content (AvgIpc) is 2.38. The van der Waals surface area contributed by atoms with Crippen molar-refractivity contribution in [3.8, 4) is 0 Å².